The van der Waals surface area contributed by atoms with Crippen LogP contribution in [0.25, 0.3) is 0 Å². The zero-order valence-corrected chi connectivity index (χ0v) is 17.6. The minimum absolute atomic E-state index is 0.105. The summed E-state index contributed by atoms with van der Waals surface area (Å²) in [5.74, 6) is -0.197. The Hall–Kier alpha value is -2.78. The molecule has 31 heavy (non-hydrogen) atoms. The highest BCUT2D eigenvalue weighted by Crippen LogP contribution is 2.27. The number of nitrogens with one attached hydrogen (secondary N) is 1. The molecular weight excluding hydrogens is 402 g/mol. The first-order valence-corrected chi connectivity index (χ1v) is 10.00. The first-order chi connectivity index (χ1) is 14.7. The van der Waals surface area contributed by atoms with Gasteiger partial charge in [0.2, 0.25) is 12.2 Å². The Labute approximate surface area is 180 Å². The fraction of sp³-hybridized carbons (Fsp3) is 0.391. The molecule has 1 heterocycles. The van der Waals surface area contributed by atoms with E-state index in [2.05, 4.69) is 5.32 Å². The molecule has 0 aromatic heterocycles. The zero-order valence-electron chi connectivity index (χ0n) is 17.6. The molecule has 2 aromatic carbocycles. The van der Waals surface area contributed by atoms with Crippen LogP contribution >= 0.6 is 0 Å². The predicted octanol–water partition coefficient (Wildman–Crippen LogP) is 0.857. The van der Waals surface area contributed by atoms with Gasteiger partial charge < -0.3 is 30.1 Å². The van der Waals surface area contributed by atoms with Crippen LogP contribution in [-0.2, 0) is 9.53 Å². The smallest absolute Gasteiger partial charge is 0.223 e. The summed E-state index contributed by atoms with van der Waals surface area (Å²) in [7, 11) is 0. The lowest BCUT2D eigenvalue weighted by Crippen LogP contribution is -2.65. The number of amides is 1. The van der Waals surface area contributed by atoms with Gasteiger partial charge >= 0.3 is 0 Å². The van der Waals surface area contributed by atoms with Crippen LogP contribution in [0.3, 0.4) is 0 Å². The molecule has 8 nitrogen and oxygen atoms in total. The summed E-state index contributed by atoms with van der Waals surface area (Å²) < 4.78 is 11.4. The fourth-order valence-electron chi connectivity index (χ4n) is 3.64. The first kappa shape index (κ1) is 22.9. The van der Waals surface area contributed by atoms with E-state index in [0.29, 0.717) is 22.4 Å². The van der Waals surface area contributed by atoms with Crippen molar-refractivity contribution < 1.29 is 34.4 Å². The molecule has 0 aliphatic carbocycles. The molecule has 1 fully saturated rings. The Morgan fingerprint density at radius 1 is 1.03 bits per heavy atom. The number of aliphatic hydroxyl groups excluding tert-OH is 3. The van der Waals surface area contributed by atoms with Gasteiger partial charge in [0.1, 0.15) is 30.1 Å². The lowest BCUT2D eigenvalue weighted by atomic mass is 9.95. The SMILES string of the molecule is CC(=O)N[C@H]1[C@H](Oc2ccc(C(=O)c3ccccc3C)c(C)c2)O[C@H](CO)[C@@H](O)[C@@H]1O. The molecule has 1 amide bonds. The molecular formula is C23H27NO7. The Kier molecular flexibility index (Phi) is 7.07. The third-order valence-electron chi connectivity index (χ3n) is 5.34. The van der Waals surface area contributed by atoms with Crippen molar-refractivity contribution in [1.82, 2.24) is 5.32 Å². The van der Waals surface area contributed by atoms with Gasteiger partial charge in [-0.2, -0.15) is 0 Å². The van der Waals surface area contributed by atoms with Crippen LogP contribution in [-0.4, -0.2) is 64.3 Å². The van der Waals surface area contributed by atoms with Crippen molar-refractivity contribution in [2.24, 2.45) is 0 Å². The molecule has 0 saturated carbocycles. The van der Waals surface area contributed by atoms with E-state index in [9.17, 15) is 24.9 Å². The second-order valence-electron chi connectivity index (χ2n) is 7.67. The third-order valence-corrected chi connectivity index (χ3v) is 5.34. The number of aryl methyl sites for hydroxylation is 2. The molecule has 0 unspecified atom stereocenters. The second-order valence-corrected chi connectivity index (χ2v) is 7.67. The van der Waals surface area contributed by atoms with Crippen LogP contribution in [0.2, 0.25) is 0 Å². The highest BCUT2D eigenvalue weighted by molar-refractivity contribution is 6.10. The number of aliphatic hydroxyl groups is 3. The average molecular weight is 429 g/mol. The molecule has 3 rings (SSSR count). The van der Waals surface area contributed by atoms with Crippen molar-refractivity contribution in [3.05, 3.63) is 64.7 Å². The molecule has 0 bridgehead atoms. The maximum Gasteiger partial charge on any atom is 0.223 e. The molecule has 166 valence electrons. The van der Waals surface area contributed by atoms with Crippen LogP contribution in [0.1, 0.15) is 34.0 Å². The number of carbonyl (C=O) groups is 2. The van der Waals surface area contributed by atoms with E-state index in [1.54, 1.807) is 31.2 Å². The summed E-state index contributed by atoms with van der Waals surface area (Å²) >= 11 is 0. The van der Waals surface area contributed by atoms with Gasteiger partial charge in [0.25, 0.3) is 0 Å². The lowest BCUT2D eigenvalue weighted by molar-refractivity contribution is -0.244. The first-order valence-electron chi connectivity index (χ1n) is 10.00. The van der Waals surface area contributed by atoms with E-state index in [0.717, 1.165) is 5.56 Å². The number of ketones is 1. The van der Waals surface area contributed by atoms with Gasteiger partial charge in [-0.25, -0.2) is 0 Å². The third kappa shape index (κ3) is 4.94. The summed E-state index contributed by atoms with van der Waals surface area (Å²) in [6.07, 6.45) is -5.02. The van der Waals surface area contributed by atoms with Crippen molar-refractivity contribution >= 4 is 11.7 Å². The summed E-state index contributed by atoms with van der Waals surface area (Å²) in [5, 5.41) is 32.4. The van der Waals surface area contributed by atoms with E-state index in [-0.39, 0.29) is 5.78 Å². The van der Waals surface area contributed by atoms with Gasteiger partial charge in [0.05, 0.1) is 6.61 Å². The molecule has 8 heteroatoms. The van der Waals surface area contributed by atoms with Crippen LogP contribution in [0.4, 0.5) is 0 Å². The van der Waals surface area contributed by atoms with Gasteiger partial charge in [0, 0.05) is 18.1 Å². The maximum atomic E-state index is 12.9. The fourth-order valence-corrected chi connectivity index (χ4v) is 3.64. The van der Waals surface area contributed by atoms with E-state index in [1.165, 1.54) is 6.92 Å². The topological polar surface area (TPSA) is 125 Å². The Balaban J connectivity index is 1.84. The molecule has 0 radical (unpaired) electrons. The number of carbonyl (C=O) groups excluding carboxylic acids is 2. The van der Waals surface area contributed by atoms with E-state index < -0.39 is 43.2 Å². The minimum atomic E-state index is -1.40. The number of hydrogen-bond donors (Lipinski definition) is 4. The van der Waals surface area contributed by atoms with E-state index in [1.807, 2.05) is 25.1 Å². The van der Waals surface area contributed by atoms with Gasteiger partial charge in [0.15, 0.2) is 5.78 Å². The van der Waals surface area contributed by atoms with Crippen LogP contribution < -0.4 is 10.1 Å². The summed E-state index contributed by atoms with van der Waals surface area (Å²) in [6.45, 7) is 4.39. The highest BCUT2D eigenvalue weighted by atomic mass is 16.7. The summed E-state index contributed by atoms with van der Waals surface area (Å²) in [4.78, 5) is 24.5. The maximum absolute atomic E-state index is 12.9. The molecule has 2 aromatic rings. The van der Waals surface area contributed by atoms with Crippen molar-refractivity contribution in [3.8, 4) is 5.75 Å². The average Bonchev–Trinajstić information content (AvgIpc) is 2.73. The standard InChI is InChI=1S/C23H27NO7/c1-12-6-4-5-7-16(12)20(27)17-9-8-15(10-13(17)2)30-23-19(24-14(3)26)22(29)21(28)18(11-25)31-23/h4-10,18-19,21-23,25,28-29H,11H2,1-3H3,(H,24,26)/t18-,19-,21-,22-,23-/m1/s1. The van der Waals surface area contributed by atoms with Crippen molar-refractivity contribution in [3.63, 3.8) is 0 Å². The molecule has 1 aliphatic heterocycles. The van der Waals surface area contributed by atoms with Crippen LogP contribution in [0, 0.1) is 13.8 Å². The number of hydrogen-bond acceptors (Lipinski definition) is 7. The Morgan fingerprint density at radius 3 is 2.32 bits per heavy atom. The number of ether oxygens (including phenoxy) is 2. The molecule has 0 spiro atoms. The molecule has 1 aliphatic rings. The Bertz CT molecular complexity index is 961. The Morgan fingerprint density at radius 2 is 1.71 bits per heavy atom. The largest absolute Gasteiger partial charge is 0.463 e. The van der Waals surface area contributed by atoms with Crippen LogP contribution in [0.5, 0.6) is 5.75 Å². The second kappa shape index (κ2) is 9.57. The quantitative estimate of drug-likeness (QED) is 0.502. The van der Waals surface area contributed by atoms with E-state index in [4.69, 9.17) is 9.47 Å². The zero-order chi connectivity index (χ0) is 22.7. The normalized spacial score (nSPS) is 25.7. The van der Waals surface area contributed by atoms with Crippen molar-refractivity contribution in [1.29, 1.82) is 0 Å². The van der Waals surface area contributed by atoms with Crippen LogP contribution in [0.15, 0.2) is 42.5 Å². The monoisotopic (exact) mass is 429 g/mol. The molecule has 5 atom stereocenters. The highest BCUT2D eigenvalue weighted by Gasteiger charge is 2.46. The summed E-state index contributed by atoms with van der Waals surface area (Å²) in [5.41, 5.74) is 2.69. The van der Waals surface area contributed by atoms with Gasteiger partial charge in [-0.05, 0) is 43.2 Å². The van der Waals surface area contributed by atoms with E-state index >= 15 is 0 Å². The minimum Gasteiger partial charge on any atom is -0.463 e. The van der Waals surface area contributed by atoms with Gasteiger partial charge in [-0.3, -0.25) is 9.59 Å². The van der Waals surface area contributed by atoms with Gasteiger partial charge in [-0.1, -0.05) is 24.3 Å². The molecule has 1 saturated heterocycles. The number of rotatable bonds is 6. The molecule has 4 N–H and O–H groups in total. The van der Waals surface area contributed by atoms with Crippen molar-refractivity contribution in [2.45, 2.75) is 51.4 Å². The predicted molar refractivity (Wildman–Crippen MR) is 112 cm³/mol. The summed E-state index contributed by atoms with van der Waals surface area (Å²) in [6, 6.07) is 11.2. The van der Waals surface area contributed by atoms with Gasteiger partial charge in [-0.15, -0.1) is 0 Å². The van der Waals surface area contributed by atoms with Crippen molar-refractivity contribution in [2.75, 3.05) is 6.61 Å². The number of benzene rings is 2. The lowest BCUT2D eigenvalue weighted by Gasteiger charge is -2.42.